The normalized spacial score (nSPS) is 14.6. The van der Waals surface area contributed by atoms with Gasteiger partial charge in [-0.3, -0.25) is 5.32 Å². The molecule has 0 atom stereocenters. The summed E-state index contributed by atoms with van der Waals surface area (Å²) in [5, 5.41) is 5.52. The Hall–Kier alpha value is -2.08. The van der Waals surface area contributed by atoms with E-state index in [9.17, 15) is 4.79 Å². The average Bonchev–Trinajstić information content (AvgIpc) is 3.07. The number of carbonyl (C=O) groups is 1. The first-order valence-electron chi connectivity index (χ1n) is 9.69. The van der Waals surface area contributed by atoms with Gasteiger partial charge in [0.25, 0.3) is 0 Å². The van der Waals surface area contributed by atoms with Crippen molar-refractivity contribution in [1.29, 1.82) is 0 Å². The smallest absolute Gasteiger partial charge is 0.411 e. The van der Waals surface area contributed by atoms with Gasteiger partial charge in [-0.25, -0.2) is 9.78 Å². The van der Waals surface area contributed by atoms with E-state index < -0.39 is 6.09 Å². The molecule has 0 aliphatic heterocycles. The van der Waals surface area contributed by atoms with Crippen LogP contribution in [0.15, 0.2) is 18.2 Å². The van der Waals surface area contributed by atoms with Gasteiger partial charge in [0, 0.05) is 11.6 Å². The molecule has 1 fully saturated rings. The minimum atomic E-state index is -0.398. The van der Waals surface area contributed by atoms with Gasteiger partial charge in [-0.15, -0.1) is 0 Å². The quantitative estimate of drug-likeness (QED) is 0.670. The van der Waals surface area contributed by atoms with Crippen LogP contribution in [0.5, 0.6) is 0 Å². The number of nitrogens with one attached hydrogen (secondary N) is 3. The molecule has 6 nitrogen and oxygen atoms in total. The number of aromatic amines is 1. The number of anilines is 1. The Morgan fingerprint density at radius 2 is 2.00 bits per heavy atom. The highest BCUT2D eigenvalue weighted by Gasteiger charge is 2.18. The standard InChI is InChI=1S/C18H25N3O2.C2H7N/c1-2-3-11-23-18(22)19-14-9-10-15-16(12-14)21-17(20-15)13-7-5-4-6-8-13;1-3-2/h9-10,12-13H,2-8,11H2,1H3,(H,19,22)(H,20,21);3H,1-2H3. The molecule has 1 amide bonds. The van der Waals surface area contributed by atoms with Gasteiger partial charge in [0.05, 0.1) is 17.6 Å². The molecule has 0 saturated heterocycles. The van der Waals surface area contributed by atoms with Crippen molar-refractivity contribution in [3.8, 4) is 0 Å². The van der Waals surface area contributed by atoms with Crippen LogP contribution in [0, 0.1) is 0 Å². The monoisotopic (exact) mass is 360 g/mol. The van der Waals surface area contributed by atoms with Gasteiger partial charge in [-0.2, -0.15) is 0 Å². The molecule has 3 N–H and O–H groups in total. The molecule has 0 radical (unpaired) electrons. The lowest BCUT2D eigenvalue weighted by Crippen LogP contribution is -2.14. The Kier molecular flexibility index (Phi) is 8.41. The Bertz CT molecular complexity index is 678. The third-order valence-corrected chi connectivity index (χ3v) is 4.47. The molecular weight excluding hydrogens is 328 g/mol. The van der Waals surface area contributed by atoms with E-state index in [-0.39, 0.29) is 0 Å². The second-order valence-electron chi connectivity index (χ2n) is 6.80. The van der Waals surface area contributed by atoms with Crippen molar-refractivity contribution in [3.05, 3.63) is 24.0 Å². The van der Waals surface area contributed by atoms with E-state index in [1.165, 1.54) is 32.1 Å². The number of unbranched alkanes of at least 4 members (excludes halogenated alkanes) is 1. The number of hydrogen-bond donors (Lipinski definition) is 3. The molecule has 1 heterocycles. The summed E-state index contributed by atoms with van der Waals surface area (Å²) in [6, 6.07) is 5.74. The summed E-state index contributed by atoms with van der Waals surface area (Å²) >= 11 is 0. The van der Waals surface area contributed by atoms with E-state index in [2.05, 4.69) is 22.5 Å². The summed E-state index contributed by atoms with van der Waals surface area (Å²) in [6.07, 6.45) is 7.85. The third-order valence-electron chi connectivity index (χ3n) is 4.47. The molecule has 6 heteroatoms. The van der Waals surface area contributed by atoms with Crippen LogP contribution in [0.2, 0.25) is 0 Å². The van der Waals surface area contributed by atoms with E-state index in [4.69, 9.17) is 9.72 Å². The Morgan fingerprint density at radius 1 is 1.27 bits per heavy atom. The van der Waals surface area contributed by atoms with Crippen LogP contribution in [0.1, 0.15) is 63.6 Å². The first-order valence-corrected chi connectivity index (χ1v) is 9.69. The van der Waals surface area contributed by atoms with E-state index in [0.717, 1.165) is 35.4 Å². The van der Waals surface area contributed by atoms with E-state index in [0.29, 0.717) is 12.5 Å². The zero-order valence-corrected chi connectivity index (χ0v) is 16.2. The molecule has 2 aromatic rings. The largest absolute Gasteiger partial charge is 0.449 e. The molecule has 0 bridgehead atoms. The number of imidazole rings is 1. The fraction of sp³-hybridized carbons (Fsp3) is 0.600. The summed E-state index contributed by atoms with van der Waals surface area (Å²) in [5.74, 6) is 1.63. The molecule has 3 rings (SSSR count). The molecule has 1 aliphatic rings. The number of ether oxygens (including phenoxy) is 1. The number of amides is 1. The minimum Gasteiger partial charge on any atom is -0.449 e. The van der Waals surface area contributed by atoms with Crippen molar-refractivity contribution in [1.82, 2.24) is 15.3 Å². The van der Waals surface area contributed by atoms with Gasteiger partial charge in [0.1, 0.15) is 5.82 Å². The summed E-state index contributed by atoms with van der Waals surface area (Å²) in [5.41, 5.74) is 2.66. The molecule has 1 aliphatic carbocycles. The van der Waals surface area contributed by atoms with Crippen molar-refractivity contribution in [2.45, 2.75) is 57.8 Å². The van der Waals surface area contributed by atoms with Crippen molar-refractivity contribution in [2.75, 3.05) is 26.0 Å². The SMILES string of the molecule is CCCCOC(=O)Nc1ccc2nc(C3CCCCC3)[nH]c2c1.CNC. The number of fused-ring (bicyclic) bond motifs is 1. The molecular formula is C20H32N4O2. The highest BCUT2D eigenvalue weighted by atomic mass is 16.5. The lowest BCUT2D eigenvalue weighted by Gasteiger charge is -2.18. The molecule has 26 heavy (non-hydrogen) atoms. The fourth-order valence-electron chi connectivity index (χ4n) is 3.14. The molecule has 1 saturated carbocycles. The number of H-pyrrole nitrogens is 1. The number of nitrogens with zero attached hydrogens (tertiary/aromatic N) is 1. The second kappa shape index (κ2) is 10.8. The number of hydrogen-bond acceptors (Lipinski definition) is 4. The van der Waals surface area contributed by atoms with Crippen LogP contribution < -0.4 is 10.6 Å². The lowest BCUT2D eigenvalue weighted by atomic mass is 9.89. The predicted molar refractivity (Wildman–Crippen MR) is 107 cm³/mol. The van der Waals surface area contributed by atoms with Crippen LogP contribution in [0.25, 0.3) is 11.0 Å². The molecule has 1 aromatic heterocycles. The highest BCUT2D eigenvalue weighted by Crippen LogP contribution is 2.32. The van der Waals surface area contributed by atoms with Crippen molar-refractivity contribution >= 4 is 22.8 Å². The van der Waals surface area contributed by atoms with Gasteiger partial charge in [0.15, 0.2) is 0 Å². The van der Waals surface area contributed by atoms with E-state index >= 15 is 0 Å². The number of carbonyl (C=O) groups excluding carboxylic acids is 1. The Balaban J connectivity index is 0.000000758. The third kappa shape index (κ3) is 6.02. The van der Waals surface area contributed by atoms with Gasteiger partial charge in [0.2, 0.25) is 0 Å². The number of aromatic nitrogens is 2. The van der Waals surface area contributed by atoms with Gasteiger partial charge in [-0.05, 0) is 51.6 Å². The average molecular weight is 361 g/mol. The minimum absolute atomic E-state index is 0.398. The van der Waals surface area contributed by atoms with Gasteiger partial charge in [-0.1, -0.05) is 32.6 Å². The van der Waals surface area contributed by atoms with Crippen LogP contribution in [0.3, 0.4) is 0 Å². The predicted octanol–water partition coefficient (Wildman–Crippen LogP) is 4.79. The van der Waals surface area contributed by atoms with Crippen molar-refractivity contribution < 1.29 is 9.53 Å². The summed E-state index contributed by atoms with van der Waals surface area (Å²) < 4.78 is 5.12. The zero-order chi connectivity index (χ0) is 18.8. The summed E-state index contributed by atoms with van der Waals surface area (Å²) in [4.78, 5) is 19.9. The fourth-order valence-corrected chi connectivity index (χ4v) is 3.14. The Labute approximate surface area is 156 Å². The van der Waals surface area contributed by atoms with Gasteiger partial charge >= 0.3 is 6.09 Å². The zero-order valence-electron chi connectivity index (χ0n) is 16.2. The van der Waals surface area contributed by atoms with Crippen LogP contribution >= 0.6 is 0 Å². The maximum absolute atomic E-state index is 11.7. The van der Waals surface area contributed by atoms with Crippen molar-refractivity contribution in [2.24, 2.45) is 0 Å². The molecule has 144 valence electrons. The highest BCUT2D eigenvalue weighted by molar-refractivity contribution is 5.88. The van der Waals surface area contributed by atoms with E-state index in [1.54, 1.807) is 0 Å². The van der Waals surface area contributed by atoms with Crippen LogP contribution in [-0.2, 0) is 4.74 Å². The maximum Gasteiger partial charge on any atom is 0.411 e. The number of benzene rings is 1. The van der Waals surface area contributed by atoms with Crippen LogP contribution in [0.4, 0.5) is 10.5 Å². The summed E-state index contributed by atoms with van der Waals surface area (Å²) in [6.45, 7) is 2.53. The first kappa shape index (κ1) is 20.2. The summed E-state index contributed by atoms with van der Waals surface area (Å²) in [7, 11) is 3.75. The van der Waals surface area contributed by atoms with Crippen molar-refractivity contribution in [3.63, 3.8) is 0 Å². The maximum atomic E-state index is 11.7. The lowest BCUT2D eigenvalue weighted by molar-refractivity contribution is 0.160. The van der Waals surface area contributed by atoms with Crippen LogP contribution in [-0.4, -0.2) is 36.8 Å². The second-order valence-corrected chi connectivity index (χ2v) is 6.80. The molecule has 1 aromatic carbocycles. The topological polar surface area (TPSA) is 79.0 Å². The number of rotatable bonds is 5. The van der Waals surface area contributed by atoms with E-state index in [1.807, 2.05) is 32.3 Å². The molecule has 0 unspecified atom stereocenters. The Morgan fingerprint density at radius 3 is 2.69 bits per heavy atom. The van der Waals surface area contributed by atoms with Gasteiger partial charge < -0.3 is 15.0 Å². The first-order chi connectivity index (χ1) is 12.7. The molecule has 0 spiro atoms.